The smallest absolute Gasteiger partial charge is 0.268 e. The SMILES string of the molecule is O=C(Nc1ccc(N2CCCCC2)cn1)c1sccc1Br. The molecule has 6 heteroatoms. The summed E-state index contributed by atoms with van der Waals surface area (Å²) in [5.74, 6) is 0.455. The highest BCUT2D eigenvalue weighted by molar-refractivity contribution is 9.10. The van der Waals surface area contributed by atoms with E-state index in [4.69, 9.17) is 0 Å². The first kappa shape index (κ1) is 14.5. The third kappa shape index (κ3) is 3.44. The summed E-state index contributed by atoms with van der Waals surface area (Å²) in [7, 11) is 0. The third-order valence-corrected chi connectivity index (χ3v) is 5.37. The Morgan fingerprint density at radius 2 is 2.05 bits per heavy atom. The number of pyridine rings is 1. The van der Waals surface area contributed by atoms with E-state index in [1.165, 1.54) is 30.6 Å². The van der Waals surface area contributed by atoms with Gasteiger partial charge in [0, 0.05) is 17.6 Å². The Labute approximate surface area is 136 Å². The number of anilines is 2. The van der Waals surface area contributed by atoms with Gasteiger partial charge in [0.25, 0.3) is 5.91 Å². The molecule has 0 radical (unpaired) electrons. The van der Waals surface area contributed by atoms with Crippen molar-refractivity contribution < 1.29 is 4.79 Å². The van der Waals surface area contributed by atoms with Crippen molar-refractivity contribution in [3.05, 3.63) is 39.1 Å². The molecule has 0 unspecified atom stereocenters. The molecule has 0 spiro atoms. The van der Waals surface area contributed by atoms with Crippen LogP contribution in [0, 0.1) is 0 Å². The molecule has 0 aromatic carbocycles. The van der Waals surface area contributed by atoms with Gasteiger partial charge in [-0.25, -0.2) is 4.98 Å². The molecule has 3 heterocycles. The predicted octanol–water partition coefficient (Wildman–Crippen LogP) is 4.15. The number of rotatable bonds is 3. The Hall–Kier alpha value is -1.40. The van der Waals surface area contributed by atoms with Crippen LogP contribution in [0.25, 0.3) is 0 Å². The second kappa shape index (κ2) is 6.58. The molecule has 1 fully saturated rings. The number of carbonyl (C=O) groups is 1. The van der Waals surface area contributed by atoms with E-state index in [0.29, 0.717) is 10.7 Å². The van der Waals surface area contributed by atoms with Crippen LogP contribution >= 0.6 is 27.3 Å². The molecule has 1 aliphatic heterocycles. The number of amides is 1. The van der Waals surface area contributed by atoms with Gasteiger partial charge in [-0.05, 0) is 58.8 Å². The van der Waals surface area contributed by atoms with Gasteiger partial charge in [-0.1, -0.05) is 0 Å². The van der Waals surface area contributed by atoms with Crippen molar-refractivity contribution in [2.24, 2.45) is 0 Å². The molecular weight excluding hydrogens is 350 g/mol. The van der Waals surface area contributed by atoms with Gasteiger partial charge in [-0.15, -0.1) is 11.3 Å². The molecule has 1 amide bonds. The van der Waals surface area contributed by atoms with Crippen LogP contribution in [-0.2, 0) is 0 Å². The van der Waals surface area contributed by atoms with Gasteiger partial charge >= 0.3 is 0 Å². The fourth-order valence-electron chi connectivity index (χ4n) is 2.43. The highest BCUT2D eigenvalue weighted by atomic mass is 79.9. The fraction of sp³-hybridized carbons (Fsp3) is 0.333. The van der Waals surface area contributed by atoms with Crippen molar-refractivity contribution in [1.82, 2.24) is 4.98 Å². The number of nitrogens with one attached hydrogen (secondary N) is 1. The maximum absolute atomic E-state index is 12.1. The lowest BCUT2D eigenvalue weighted by Gasteiger charge is -2.28. The summed E-state index contributed by atoms with van der Waals surface area (Å²) in [6.45, 7) is 2.19. The molecule has 1 aliphatic rings. The van der Waals surface area contributed by atoms with Gasteiger partial charge in [0.15, 0.2) is 0 Å². The van der Waals surface area contributed by atoms with Crippen molar-refractivity contribution in [3.8, 4) is 0 Å². The zero-order valence-corrected chi connectivity index (χ0v) is 13.9. The lowest BCUT2D eigenvalue weighted by Crippen LogP contribution is -2.29. The van der Waals surface area contributed by atoms with E-state index in [0.717, 1.165) is 23.2 Å². The summed E-state index contributed by atoms with van der Waals surface area (Å²) >= 11 is 4.77. The number of hydrogen-bond donors (Lipinski definition) is 1. The van der Waals surface area contributed by atoms with E-state index >= 15 is 0 Å². The Bertz CT molecular complexity index is 620. The van der Waals surface area contributed by atoms with Gasteiger partial charge < -0.3 is 10.2 Å². The number of aromatic nitrogens is 1. The van der Waals surface area contributed by atoms with Crippen molar-refractivity contribution in [1.29, 1.82) is 0 Å². The summed E-state index contributed by atoms with van der Waals surface area (Å²) < 4.78 is 0.815. The first-order chi connectivity index (χ1) is 10.2. The lowest BCUT2D eigenvalue weighted by molar-refractivity contribution is 0.102. The summed E-state index contributed by atoms with van der Waals surface area (Å²) in [4.78, 5) is 19.5. The van der Waals surface area contributed by atoms with Gasteiger partial charge in [0.1, 0.15) is 10.7 Å². The van der Waals surface area contributed by atoms with Crippen LogP contribution in [0.3, 0.4) is 0 Å². The van der Waals surface area contributed by atoms with Crippen LogP contribution in [0.2, 0.25) is 0 Å². The predicted molar refractivity (Wildman–Crippen MR) is 90.3 cm³/mol. The number of carbonyl (C=O) groups excluding carboxylic acids is 1. The van der Waals surface area contributed by atoms with Crippen molar-refractivity contribution in [2.75, 3.05) is 23.3 Å². The maximum Gasteiger partial charge on any atom is 0.268 e. The molecule has 0 atom stereocenters. The van der Waals surface area contributed by atoms with Crippen LogP contribution in [0.4, 0.5) is 11.5 Å². The molecule has 3 rings (SSSR count). The number of thiophene rings is 1. The largest absolute Gasteiger partial charge is 0.370 e. The number of piperidine rings is 1. The monoisotopic (exact) mass is 365 g/mol. The normalized spacial score (nSPS) is 15.0. The second-order valence-corrected chi connectivity index (χ2v) is 6.77. The molecule has 1 saturated heterocycles. The van der Waals surface area contributed by atoms with Crippen molar-refractivity contribution in [2.45, 2.75) is 19.3 Å². The minimum atomic E-state index is -0.130. The van der Waals surface area contributed by atoms with E-state index in [1.807, 2.05) is 29.8 Å². The highest BCUT2D eigenvalue weighted by Crippen LogP contribution is 2.24. The zero-order chi connectivity index (χ0) is 14.7. The minimum absolute atomic E-state index is 0.130. The van der Waals surface area contributed by atoms with E-state index in [1.54, 1.807) is 0 Å². The van der Waals surface area contributed by atoms with Crippen molar-refractivity contribution >= 4 is 44.7 Å². The maximum atomic E-state index is 12.1. The van der Waals surface area contributed by atoms with E-state index in [9.17, 15) is 4.79 Å². The molecular formula is C15H16BrN3OS. The van der Waals surface area contributed by atoms with Gasteiger partial charge in [-0.2, -0.15) is 0 Å². The Kier molecular flexibility index (Phi) is 4.55. The Morgan fingerprint density at radius 3 is 2.67 bits per heavy atom. The molecule has 2 aromatic heterocycles. The first-order valence-electron chi connectivity index (χ1n) is 6.99. The van der Waals surface area contributed by atoms with Crippen LogP contribution < -0.4 is 10.2 Å². The molecule has 4 nitrogen and oxygen atoms in total. The second-order valence-electron chi connectivity index (χ2n) is 5.00. The number of halogens is 1. The van der Waals surface area contributed by atoms with Gasteiger partial charge in [0.2, 0.25) is 0 Å². The number of hydrogen-bond acceptors (Lipinski definition) is 4. The Morgan fingerprint density at radius 1 is 1.24 bits per heavy atom. The average molecular weight is 366 g/mol. The lowest BCUT2D eigenvalue weighted by atomic mass is 10.1. The van der Waals surface area contributed by atoms with Crippen LogP contribution in [0.1, 0.15) is 28.9 Å². The highest BCUT2D eigenvalue weighted by Gasteiger charge is 2.14. The van der Waals surface area contributed by atoms with Gasteiger partial charge in [0.05, 0.1) is 11.9 Å². The van der Waals surface area contributed by atoms with Crippen LogP contribution in [-0.4, -0.2) is 24.0 Å². The summed E-state index contributed by atoms with van der Waals surface area (Å²) in [6.07, 6.45) is 5.63. The standard InChI is InChI=1S/C15H16BrN3OS/c16-12-6-9-21-14(12)15(20)18-13-5-4-11(10-17-13)19-7-2-1-3-8-19/h4-6,9-10H,1-3,7-8H2,(H,17,18,20). The van der Waals surface area contributed by atoms with Gasteiger partial charge in [-0.3, -0.25) is 4.79 Å². The van der Waals surface area contributed by atoms with Crippen molar-refractivity contribution in [3.63, 3.8) is 0 Å². The zero-order valence-electron chi connectivity index (χ0n) is 11.5. The fourth-order valence-corrected chi connectivity index (χ4v) is 3.87. The average Bonchev–Trinajstić information content (AvgIpc) is 2.95. The minimum Gasteiger partial charge on any atom is -0.370 e. The molecule has 1 N–H and O–H groups in total. The van der Waals surface area contributed by atoms with Crippen LogP contribution in [0.5, 0.6) is 0 Å². The molecule has 2 aromatic rings. The molecule has 0 aliphatic carbocycles. The topological polar surface area (TPSA) is 45.2 Å². The quantitative estimate of drug-likeness (QED) is 0.888. The van der Waals surface area contributed by atoms with E-state index in [2.05, 4.69) is 31.1 Å². The summed E-state index contributed by atoms with van der Waals surface area (Å²) in [5.41, 5.74) is 1.13. The summed E-state index contributed by atoms with van der Waals surface area (Å²) in [5, 5.41) is 4.71. The van der Waals surface area contributed by atoms with E-state index < -0.39 is 0 Å². The molecule has 0 saturated carbocycles. The first-order valence-corrected chi connectivity index (χ1v) is 8.66. The molecule has 21 heavy (non-hydrogen) atoms. The summed E-state index contributed by atoms with van der Waals surface area (Å²) in [6, 6.07) is 5.76. The Balaban J connectivity index is 1.67. The third-order valence-electron chi connectivity index (χ3n) is 3.53. The molecule has 110 valence electrons. The van der Waals surface area contributed by atoms with E-state index in [-0.39, 0.29) is 5.91 Å². The molecule has 0 bridgehead atoms. The number of nitrogens with zero attached hydrogens (tertiary/aromatic N) is 2. The van der Waals surface area contributed by atoms with Crippen LogP contribution in [0.15, 0.2) is 34.2 Å².